The summed E-state index contributed by atoms with van der Waals surface area (Å²) in [5.74, 6) is 0.343. The Morgan fingerprint density at radius 2 is 1.35 bits per heavy atom. The standard InChI is InChI=1S/C25H27I2O3Si/c1-18(17-29-24(28)23-21(26)15-16-22(23)27)30-31(25(2,3)4,19-11-7-5-8-12-19)20-13-9-6-10-14-20/h5-16,18H,17H2,1-4H3/t18-/m1/s1. The number of ether oxygens (including phenoxy) is 1. The van der Waals surface area contributed by atoms with Crippen molar-refractivity contribution in [3.63, 3.8) is 0 Å². The maximum Gasteiger partial charge on any atom is 0.316 e. The monoisotopic (exact) mass is 657 g/mol. The number of esters is 1. The van der Waals surface area contributed by atoms with Gasteiger partial charge in [-0.1, -0.05) is 127 Å². The van der Waals surface area contributed by atoms with Gasteiger partial charge in [-0.15, -0.1) is 0 Å². The zero-order chi connectivity index (χ0) is 22.6. The molecule has 163 valence electrons. The van der Waals surface area contributed by atoms with Gasteiger partial charge in [-0.25, -0.2) is 0 Å². The van der Waals surface area contributed by atoms with Crippen LogP contribution >= 0.6 is 45.2 Å². The summed E-state index contributed by atoms with van der Waals surface area (Å²) in [6, 6.07) is 21.0. The van der Waals surface area contributed by atoms with E-state index < -0.39 is 8.32 Å². The number of benzene rings is 2. The lowest BCUT2D eigenvalue weighted by atomic mass is 10.1. The predicted octanol–water partition coefficient (Wildman–Crippen LogP) is 5.43. The summed E-state index contributed by atoms with van der Waals surface area (Å²) in [5.41, 5.74) is 0. The maximum absolute atomic E-state index is 12.7. The number of carbonyl (C=O) groups excluding carboxylic acids is 1. The maximum atomic E-state index is 12.7. The second-order valence-electron chi connectivity index (χ2n) is 8.59. The molecule has 1 atom stereocenters. The largest absolute Gasteiger partial charge is 0.462 e. The van der Waals surface area contributed by atoms with Crippen LogP contribution in [0.2, 0.25) is 5.04 Å². The molecule has 0 amide bonds. The topological polar surface area (TPSA) is 35.5 Å². The summed E-state index contributed by atoms with van der Waals surface area (Å²) >= 11 is 4.34. The van der Waals surface area contributed by atoms with Crippen molar-refractivity contribution in [1.82, 2.24) is 0 Å². The Morgan fingerprint density at radius 3 is 1.77 bits per heavy atom. The van der Waals surface area contributed by atoms with Crippen LogP contribution in [0, 0.1) is 26.6 Å². The fraction of sp³-hybridized carbons (Fsp3) is 0.280. The summed E-state index contributed by atoms with van der Waals surface area (Å²) in [5, 5.41) is 2.31. The Morgan fingerprint density at radius 1 is 0.903 bits per heavy atom. The molecule has 1 fully saturated rings. The Labute approximate surface area is 215 Å². The number of hydrogen-bond acceptors (Lipinski definition) is 3. The molecule has 2 aromatic rings. The van der Waals surface area contributed by atoms with Crippen molar-refractivity contribution >= 4 is 69.8 Å². The average Bonchev–Trinajstić information content (AvgIpc) is 3.08. The number of hydrogen-bond donors (Lipinski definition) is 0. The van der Waals surface area contributed by atoms with E-state index in [1.54, 1.807) is 0 Å². The zero-order valence-corrected chi connectivity index (χ0v) is 23.5. The summed E-state index contributed by atoms with van der Waals surface area (Å²) in [6.07, 6.45) is 3.61. The highest BCUT2D eigenvalue weighted by atomic mass is 127. The van der Waals surface area contributed by atoms with Crippen LogP contribution in [0.25, 0.3) is 0 Å². The smallest absolute Gasteiger partial charge is 0.316 e. The third-order valence-electron chi connectivity index (χ3n) is 5.30. The van der Waals surface area contributed by atoms with Crippen LogP contribution in [0.1, 0.15) is 27.7 Å². The second-order valence-corrected chi connectivity index (χ2v) is 15.2. The molecule has 0 aliphatic heterocycles. The molecular formula is C25H27I2O3Si. The van der Waals surface area contributed by atoms with E-state index in [0.717, 1.165) is 7.85 Å². The highest BCUT2D eigenvalue weighted by Gasteiger charge is 2.51. The van der Waals surface area contributed by atoms with Gasteiger partial charge in [-0.05, 0) is 35.2 Å². The third kappa shape index (κ3) is 5.55. The Kier molecular flexibility index (Phi) is 8.65. The van der Waals surface area contributed by atoms with Gasteiger partial charge in [-0.3, -0.25) is 4.79 Å². The summed E-state index contributed by atoms with van der Waals surface area (Å²) in [7, 11) is -2.67. The highest BCUT2D eigenvalue weighted by Crippen LogP contribution is 2.48. The summed E-state index contributed by atoms with van der Waals surface area (Å²) < 4.78 is 14.5. The van der Waals surface area contributed by atoms with Gasteiger partial charge in [0.2, 0.25) is 0 Å². The lowest BCUT2D eigenvalue weighted by molar-refractivity contribution is -0.142. The highest BCUT2D eigenvalue weighted by molar-refractivity contribution is 14.1. The first-order valence-electron chi connectivity index (χ1n) is 10.2. The fourth-order valence-electron chi connectivity index (χ4n) is 3.91. The van der Waals surface area contributed by atoms with Crippen LogP contribution in [0.4, 0.5) is 0 Å². The van der Waals surface area contributed by atoms with Crippen LogP contribution in [0.3, 0.4) is 0 Å². The van der Waals surface area contributed by atoms with E-state index in [0.29, 0.717) is 5.92 Å². The molecule has 0 spiro atoms. The summed E-state index contributed by atoms with van der Waals surface area (Å²) in [4.78, 5) is 12.7. The van der Waals surface area contributed by atoms with E-state index in [-0.39, 0.29) is 23.7 Å². The normalized spacial score (nSPS) is 17.6. The van der Waals surface area contributed by atoms with E-state index in [9.17, 15) is 4.79 Å². The minimum absolute atomic E-state index is 0.121. The lowest BCUT2D eigenvalue weighted by Gasteiger charge is -2.44. The lowest BCUT2D eigenvalue weighted by Crippen LogP contribution is -2.67. The van der Waals surface area contributed by atoms with Crippen molar-refractivity contribution in [1.29, 1.82) is 0 Å². The van der Waals surface area contributed by atoms with Crippen molar-refractivity contribution in [2.45, 2.75) is 38.8 Å². The molecule has 1 saturated carbocycles. The first-order chi connectivity index (χ1) is 14.7. The van der Waals surface area contributed by atoms with E-state index in [4.69, 9.17) is 9.16 Å². The van der Waals surface area contributed by atoms with Crippen LogP contribution in [-0.2, 0) is 14.0 Å². The molecule has 1 aliphatic carbocycles. The molecular weight excluding hydrogens is 630 g/mol. The van der Waals surface area contributed by atoms with Gasteiger partial charge in [-0.2, -0.15) is 0 Å². The Balaban J connectivity index is 1.86. The van der Waals surface area contributed by atoms with E-state index >= 15 is 0 Å². The van der Waals surface area contributed by atoms with Crippen molar-refractivity contribution in [2.24, 2.45) is 0 Å². The molecule has 0 heterocycles. The third-order valence-corrected chi connectivity index (χ3v) is 12.3. The van der Waals surface area contributed by atoms with Crippen molar-refractivity contribution in [2.75, 3.05) is 6.61 Å². The molecule has 0 saturated heterocycles. The molecule has 0 aromatic heterocycles. The van der Waals surface area contributed by atoms with Crippen LogP contribution in [0.15, 0.2) is 60.7 Å². The van der Waals surface area contributed by atoms with Gasteiger partial charge in [0.05, 0.1) is 14.0 Å². The van der Waals surface area contributed by atoms with Crippen LogP contribution < -0.4 is 10.4 Å². The Bertz CT molecular complexity index is 805. The van der Waals surface area contributed by atoms with E-state index in [2.05, 4.69) is 114 Å². The van der Waals surface area contributed by atoms with Crippen molar-refractivity contribution < 1.29 is 14.0 Å². The van der Waals surface area contributed by atoms with Gasteiger partial charge in [0.25, 0.3) is 8.32 Å². The van der Waals surface area contributed by atoms with Gasteiger partial charge in [0, 0.05) is 0 Å². The number of rotatable bonds is 7. The molecule has 3 nitrogen and oxygen atoms in total. The van der Waals surface area contributed by atoms with Gasteiger partial charge in [0.15, 0.2) is 0 Å². The molecule has 0 N–H and O–H groups in total. The van der Waals surface area contributed by atoms with Gasteiger partial charge < -0.3 is 9.16 Å². The van der Waals surface area contributed by atoms with E-state index in [1.165, 1.54) is 10.4 Å². The molecule has 3 rings (SSSR count). The molecule has 0 unspecified atom stereocenters. The van der Waals surface area contributed by atoms with Crippen LogP contribution in [0.5, 0.6) is 0 Å². The molecule has 5 radical (unpaired) electrons. The average molecular weight is 657 g/mol. The molecule has 1 aliphatic rings. The first kappa shape index (κ1) is 25.2. The van der Waals surface area contributed by atoms with Crippen LogP contribution in [-0.4, -0.2) is 27.0 Å². The second kappa shape index (κ2) is 10.7. The first-order valence-corrected chi connectivity index (χ1v) is 14.3. The number of carbonyl (C=O) groups is 1. The zero-order valence-electron chi connectivity index (χ0n) is 18.2. The van der Waals surface area contributed by atoms with E-state index in [1.807, 2.05) is 31.9 Å². The molecule has 31 heavy (non-hydrogen) atoms. The molecule has 6 heteroatoms. The quantitative estimate of drug-likeness (QED) is 0.227. The molecule has 0 bridgehead atoms. The predicted molar refractivity (Wildman–Crippen MR) is 145 cm³/mol. The molecule has 2 aromatic carbocycles. The SMILES string of the molecule is C[C@H](COC(=O)[C]1[C](I)[CH][CH][C]1I)O[Si](c1ccccc1)(c1ccccc1)C(C)(C)C. The summed E-state index contributed by atoms with van der Waals surface area (Å²) in [6.45, 7) is 8.93. The van der Waals surface area contributed by atoms with Crippen molar-refractivity contribution in [3.8, 4) is 0 Å². The number of halogens is 2. The van der Waals surface area contributed by atoms with Gasteiger partial charge in [0.1, 0.15) is 12.5 Å². The fourth-order valence-corrected chi connectivity index (χ4v) is 10.5. The van der Waals surface area contributed by atoms with Crippen molar-refractivity contribution in [3.05, 3.63) is 87.3 Å². The van der Waals surface area contributed by atoms with Gasteiger partial charge >= 0.3 is 5.97 Å². The Hall–Kier alpha value is -0.453. The minimum atomic E-state index is -2.67. The minimum Gasteiger partial charge on any atom is -0.462 e.